The maximum Gasteiger partial charge on any atom is 0.0747 e. The van der Waals surface area contributed by atoms with E-state index in [1.54, 1.807) is 0 Å². The van der Waals surface area contributed by atoms with Crippen molar-refractivity contribution in [2.45, 2.75) is 64.7 Å². The molecule has 0 aromatic carbocycles. The third-order valence-corrected chi connectivity index (χ3v) is 4.56. The van der Waals surface area contributed by atoms with Crippen LogP contribution in [0.25, 0.3) is 0 Å². The zero-order valence-corrected chi connectivity index (χ0v) is 11.6. The van der Waals surface area contributed by atoms with Gasteiger partial charge in [-0.2, -0.15) is 0 Å². The SMILES string of the molecule is CC1CCC(C(CN)N2CCC(C)(C)CC2)O1. The second-order valence-electron chi connectivity index (χ2n) is 6.57. The number of hydrogen-bond donors (Lipinski definition) is 1. The number of ether oxygens (including phenoxy) is 1. The van der Waals surface area contributed by atoms with E-state index in [9.17, 15) is 0 Å². The maximum absolute atomic E-state index is 6.00. The van der Waals surface area contributed by atoms with Crippen LogP contribution in [0.5, 0.6) is 0 Å². The average Bonchev–Trinajstić information content (AvgIpc) is 2.68. The molecular weight excluding hydrogens is 212 g/mol. The molecule has 2 rings (SSSR count). The zero-order valence-electron chi connectivity index (χ0n) is 11.6. The van der Waals surface area contributed by atoms with Crippen molar-refractivity contribution in [1.29, 1.82) is 0 Å². The Bertz CT molecular complexity index is 245. The van der Waals surface area contributed by atoms with Crippen molar-refractivity contribution in [2.24, 2.45) is 11.1 Å². The second-order valence-corrected chi connectivity index (χ2v) is 6.57. The first-order chi connectivity index (χ1) is 8.02. The number of piperidine rings is 1. The van der Waals surface area contributed by atoms with Gasteiger partial charge in [0.25, 0.3) is 0 Å². The van der Waals surface area contributed by atoms with Crippen molar-refractivity contribution >= 4 is 0 Å². The topological polar surface area (TPSA) is 38.5 Å². The molecule has 0 aromatic heterocycles. The summed E-state index contributed by atoms with van der Waals surface area (Å²) in [5.41, 5.74) is 6.49. The van der Waals surface area contributed by atoms with Crippen molar-refractivity contribution in [1.82, 2.24) is 4.90 Å². The Morgan fingerprint density at radius 2 is 1.94 bits per heavy atom. The molecule has 2 heterocycles. The molecule has 2 N–H and O–H groups in total. The summed E-state index contributed by atoms with van der Waals surface area (Å²) in [6.45, 7) is 10.0. The van der Waals surface area contributed by atoms with Gasteiger partial charge < -0.3 is 10.5 Å². The lowest BCUT2D eigenvalue weighted by Crippen LogP contribution is -2.52. The Morgan fingerprint density at radius 1 is 1.29 bits per heavy atom. The highest BCUT2D eigenvalue weighted by Crippen LogP contribution is 2.32. The zero-order chi connectivity index (χ0) is 12.5. The van der Waals surface area contributed by atoms with Crippen LogP contribution in [0.4, 0.5) is 0 Å². The standard InChI is InChI=1S/C14H28N2O/c1-11-4-5-13(17-11)12(10-15)16-8-6-14(2,3)7-9-16/h11-13H,4-10,15H2,1-3H3. The second kappa shape index (κ2) is 5.25. The number of hydrogen-bond acceptors (Lipinski definition) is 3. The number of nitrogens with zero attached hydrogens (tertiary/aromatic N) is 1. The molecule has 0 radical (unpaired) electrons. The largest absolute Gasteiger partial charge is 0.374 e. The summed E-state index contributed by atoms with van der Waals surface area (Å²) in [6, 6.07) is 0.441. The van der Waals surface area contributed by atoms with Crippen molar-refractivity contribution in [3.05, 3.63) is 0 Å². The fraction of sp³-hybridized carbons (Fsp3) is 1.00. The Kier molecular flexibility index (Phi) is 4.11. The summed E-state index contributed by atoms with van der Waals surface area (Å²) in [7, 11) is 0. The molecule has 3 atom stereocenters. The van der Waals surface area contributed by atoms with E-state index >= 15 is 0 Å². The molecule has 0 aromatic rings. The molecule has 2 aliphatic rings. The van der Waals surface area contributed by atoms with Crippen LogP contribution in [0.15, 0.2) is 0 Å². The van der Waals surface area contributed by atoms with Crippen LogP contribution >= 0.6 is 0 Å². The van der Waals surface area contributed by atoms with Gasteiger partial charge in [-0.3, -0.25) is 4.90 Å². The lowest BCUT2D eigenvalue weighted by molar-refractivity contribution is -0.0200. The molecule has 2 saturated heterocycles. The first-order valence-electron chi connectivity index (χ1n) is 7.11. The molecule has 3 heteroatoms. The normalized spacial score (nSPS) is 36.0. The highest BCUT2D eigenvalue weighted by Gasteiger charge is 2.35. The van der Waals surface area contributed by atoms with Crippen LogP contribution in [0.3, 0.4) is 0 Å². The molecule has 17 heavy (non-hydrogen) atoms. The smallest absolute Gasteiger partial charge is 0.0747 e. The molecule has 2 fully saturated rings. The predicted octanol–water partition coefficient (Wildman–Crippen LogP) is 2.00. The molecular formula is C14H28N2O. The third kappa shape index (κ3) is 3.21. The van der Waals surface area contributed by atoms with Crippen molar-refractivity contribution in [3.63, 3.8) is 0 Å². The van der Waals surface area contributed by atoms with E-state index in [0.29, 0.717) is 23.7 Å². The minimum atomic E-state index is 0.371. The van der Waals surface area contributed by atoms with Crippen molar-refractivity contribution in [3.8, 4) is 0 Å². The van der Waals surface area contributed by atoms with Gasteiger partial charge in [0.1, 0.15) is 0 Å². The Labute approximate surface area is 106 Å². The van der Waals surface area contributed by atoms with Crippen molar-refractivity contribution < 1.29 is 4.74 Å². The minimum absolute atomic E-state index is 0.371. The summed E-state index contributed by atoms with van der Waals surface area (Å²) >= 11 is 0. The van der Waals surface area contributed by atoms with E-state index in [-0.39, 0.29) is 0 Å². The summed E-state index contributed by atoms with van der Waals surface area (Å²) < 4.78 is 6.00. The quantitative estimate of drug-likeness (QED) is 0.820. The number of likely N-dealkylation sites (tertiary alicyclic amines) is 1. The van der Waals surface area contributed by atoms with Gasteiger partial charge in [0.2, 0.25) is 0 Å². The molecule has 0 saturated carbocycles. The van der Waals surface area contributed by atoms with Gasteiger partial charge in [0.15, 0.2) is 0 Å². The summed E-state index contributed by atoms with van der Waals surface area (Å²) in [5.74, 6) is 0. The van der Waals surface area contributed by atoms with Gasteiger partial charge in [0.05, 0.1) is 12.2 Å². The van der Waals surface area contributed by atoms with Gasteiger partial charge in [-0.25, -0.2) is 0 Å². The Balaban J connectivity index is 1.91. The molecule has 100 valence electrons. The van der Waals surface area contributed by atoms with Crippen LogP contribution < -0.4 is 5.73 Å². The minimum Gasteiger partial charge on any atom is -0.374 e. The molecule has 0 aliphatic carbocycles. The van der Waals surface area contributed by atoms with Gasteiger partial charge >= 0.3 is 0 Å². The van der Waals surface area contributed by atoms with E-state index in [4.69, 9.17) is 10.5 Å². The predicted molar refractivity (Wildman–Crippen MR) is 71.0 cm³/mol. The molecule has 0 spiro atoms. The fourth-order valence-corrected chi connectivity index (χ4v) is 3.11. The van der Waals surface area contributed by atoms with E-state index in [1.807, 2.05) is 0 Å². The summed E-state index contributed by atoms with van der Waals surface area (Å²) in [5, 5.41) is 0. The lowest BCUT2D eigenvalue weighted by Gasteiger charge is -2.42. The fourth-order valence-electron chi connectivity index (χ4n) is 3.11. The van der Waals surface area contributed by atoms with Crippen molar-refractivity contribution in [2.75, 3.05) is 19.6 Å². The van der Waals surface area contributed by atoms with Gasteiger partial charge in [0, 0.05) is 12.6 Å². The molecule has 2 aliphatic heterocycles. The molecule has 3 nitrogen and oxygen atoms in total. The number of nitrogens with two attached hydrogens (primary N) is 1. The van der Waals surface area contributed by atoms with Gasteiger partial charge in [-0.15, -0.1) is 0 Å². The van der Waals surface area contributed by atoms with E-state index in [2.05, 4.69) is 25.7 Å². The van der Waals surface area contributed by atoms with Gasteiger partial charge in [-0.05, 0) is 51.1 Å². The Morgan fingerprint density at radius 3 is 2.41 bits per heavy atom. The lowest BCUT2D eigenvalue weighted by atomic mass is 9.82. The van der Waals surface area contributed by atoms with E-state index in [0.717, 1.165) is 6.54 Å². The van der Waals surface area contributed by atoms with Crippen LogP contribution in [0.2, 0.25) is 0 Å². The molecule has 0 amide bonds. The monoisotopic (exact) mass is 240 g/mol. The average molecular weight is 240 g/mol. The van der Waals surface area contributed by atoms with Gasteiger partial charge in [-0.1, -0.05) is 13.8 Å². The molecule has 0 bridgehead atoms. The van der Waals surface area contributed by atoms with Crippen LogP contribution in [-0.4, -0.2) is 42.8 Å². The highest BCUT2D eigenvalue weighted by atomic mass is 16.5. The Hall–Kier alpha value is -0.120. The van der Waals surface area contributed by atoms with Crippen LogP contribution in [-0.2, 0) is 4.74 Å². The summed E-state index contributed by atoms with van der Waals surface area (Å²) in [4.78, 5) is 2.56. The first-order valence-corrected chi connectivity index (χ1v) is 7.11. The maximum atomic E-state index is 6.00. The third-order valence-electron chi connectivity index (χ3n) is 4.56. The van der Waals surface area contributed by atoms with E-state index in [1.165, 1.54) is 38.8 Å². The molecule has 3 unspecified atom stereocenters. The first kappa shape index (κ1) is 13.3. The van der Waals surface area contributed by atoms with Crippen LogP contribution in [0, 0.1) is 5.41 Å². The van der Waals surface area contributed by atoms with E-state index < -0.39 is 0 Å². The highest BCUT2D eigenvalue weighted by molar-refractivity contribution is 4.89. The van der Waals surface area contributed by atoms with Crippen LogP contribution in [0.1, 0.15) is 46.5 Å². The summed E-state index contributed by atoms with van der Waals surface area (Å²) in [6.07, 6.45) is 5.74. The number of rotatable bonds is 3.